The smallest absolute Gasteiger partial charge is 0.191 e. The quantitative estimate of drug-likeness (QED) is 0.509. The fourth-order valence-electron chi connectivity index (χ4n) is 2.76. The highest BCUT2D eigenvalue weighted by molar-refractivity contribution is 5.80. The largest absolute Gasteiger partial charge is 0.496 e. The first-order valence-electron chi connectivity index (χ1n) is 9.09. The second-order valence-electron chi connectivity index (χ2n) is 5.87. The number of nitrogens with one attached hydrogen (secondary N) is 2. The molecule has 0 amide bonds. The highest BCUT2D eigenvalue weighted by atomic mass is 16.5. The maximum absolute atomic E-state index is 5.51. The summed E-state index contributed by atoms with van der Waals surface area (Å²) < 4.78 is 21.7. The van der Waals surface area contributed by atoms with Crippen LogP contribution in [0.2, 0.25) is 0 Å². The lowest BCUT2D eigenvalue weighted by Crippen LogP contribution is -2.37. The lowest BCUT2D eigenvalue weighted by Gasteiger charge is -2.17. The number of ether oxygens (including phenoxy) is 4. The van der Waals surface area contributed by atoms with E-state index in [4.69, 9.17) is 18.9 Å². The van der Waals surface area contributed by atoms with Crippen molar-refractivity contribution in [3.63, 3.8) is 0 Å². The first kappa shape index (κ1) is 21.2. The number of hydrogen-bond acceptors (Lipinski definition) is 5. The summed E-state index contributed by atoms with van der Waals surface area (Å²) in [4.78, 5) is 4.66. The molecule has 7 nitrogen and oxygen atoms in total. The second kappa shape index (κ2) is 10.9. The van der Waals surface area contributed by atoms with Gasteiger partial charge in [0, 0.05) is 24.2 Å². The molecule has 28 heavy (non-hydrogen) atoms. The number of aliphatic imine (C=N–C) groups is 1. The van der Waals surface area contributed by atoms with E-state index in [0.29, 0.717) is 36.3 Å². The van der Waals surface area contributed by atoms with E-state index in [1.54, 1.807) is 28.4 Å². The minimum absolute atomic E-state index is 0.480. The molecule has 0 spiro atoms. The van der Waals surface area contributed by atoms with Crippen LogP contribution in [-0.4, -0.2) is 40.9 Å². The molecule has 0 unspecified atom stereocenters. The summed E-state index contributed by atoms with van der Waals surface area (Å²) in [6.45, 7) is 3.74. The number of methoxy groups -OCH3 is 4. The number of benzene rings is 2. The third-order valence-electron chi connectivity index (χ3n) is 4.19. The van der Waals surface area contributed by atoms with Crippen molar-refractivity contribution >= 4 is 5.96 Å². The molecule has 0 bridgehead atoms. The highest BCUT2D eigenvalue weighted by Gasteiger charge is 2.14. The summed E-state index contributed by atoms with van der Waals surface area (Å²) in [7, 11) is 6.52. The number of rotatable bonds is 9. The zero-order valence-corrected chi connectivity index (χ0v) is 17.2. The Labute approximate surface area is 166 Å². The van der Waals surface area contributed by atoms with Gasteiger partial charge in [0.25, 0.3) is 0 Å². The van der Waals surface area contributed by atoms with Crippen LogP contribution in [0.3, 0.4) is 0 Å². The molecule has 0 aliphatic heterocycles. The average Bonchev–Trinajstić information content (AvgIpc) is 2.75. The molecule has 0 aliphatic carbocycles. The van der Waals surface area contributed by atoms with E-state index in [2.05, 4.69) is 15.6 Å². The van der Waals surface area contributed by atoms with Gasteiger partial charge in [-0.05, 0) is 13.0 Å². The third kappa shape index (κ3) is 5.45. The van der Waals surface area contributed by atoms with E-state index >= 15 is 0 Å². The van der Waals surface area contributed by atoms with Crippen LogP contribution in [-0.2, 0) is 13.1 Å². The van der Waals surface area contributed by atoms with Gasteiger partial charge in [0.1, 0.15) is 23.0 Å². The molecule has 7 heteroatoms. The predicted molar refractivity (Wildman–Crippen MR) is 111 cm³/mol. The van der Waals surface area contributed by atoms with E-state index < -0.39 is 0 Å². The van der Waals surface area contributed by atoms with Crippen molar-refractivity contribution < 1.29 is 18.9 Å². The molecular weight excluding hydrogens is 358 g/mol. The lowest BCUT2D eigenvalue weighted by molar-refractivity contribution is 0.368. The number of nitrogens with zero attached hydrogens (tertiary/aromatic N) is 1. The van der Waals surface area contributed by atoms with Gasteiger partial charge in [-0.15, -0.1) is 0 Å². The Morgan fingerprint density at radius 2 is 1.50 bits per heavy atom. The van der Waals surface area contributed by atoms with Gasteiger partial charge in [-0.3, -0.25) is 0 Å². The minimum atomic E-state index is 0.480. The van der Waals surface area contributed by atoms with Crippen molar-refractivity contribution in [1.29, 1.82) is 0 Å². The van der Waals surface area contributed by atoms with Gasteiger partial charge < -0.3 is 29.6 Å². The second-order valence-corrected chi connectivity index (χ2v) is 5.87. The number of para-hydroxylation sites is 1. The molecule has 2 aromatic carbocycles. The van der Waals surface area contributed by atoms with Crippen molar-refractivity contribution in [2.45, 2.75) is 20.0 Å². The molecule has 0 atom stereocenters. The molecule has 2 N–H and O–H groups in total. The zero-order valence-electron chi connectivity index (χ0n) is 17.2. The van der Waals surface area contributed by atoms with Crippen molar-refractivity contribution in [1.82, 2.24) is 10.6 Å². The maximum Gasteiger partial charge on any atom is 0.191 e. The summed E-state index contributed by atoms with van der Waals surface area (Å²) in [5, 5.41) is 6.58. The maximum atomic E-state index is 5.51. The Morgan fingerprint density at radius 1 is 0.857 bits per heavy atom. The molecule has 2 aromatic rings. The molecule has 0 radical (unpaired) electrons. The van der Waals surface area contributed by atoms with Crippen LogP contribution in [0.5, 0.6) is 23.0 Å². The van der Waals surface area contributed by atoms with Gasteiger partial charge in [0.2, 0.25) is 0 Å². The Bertz CT molecular complexity index is 768. The fourth-order valence-corrected chi connectivity index (χ4v) is 2.76. The Kier molecular flexibility index (Phi) is 8.27. The van der Waals surface area contributed by atoms with Crippen LogP contribution in [0.4, 0.5) is 0 Å². The summed E-state index contributed by atoms with van der Waals surface area (Å²) >= 11 is 0. The Balaban J connectivity index is 2.19. The lowest BCUT2D eigenvalue weighted by atomic mass is 10.1. The first-order valence-corrected chi connectivity index (χ1v) is 9.09. The third-order valence-corrected chi connectivity index (χ3v) is 4.19. The zero-order chi connectivity index (χ0) is 20.4. The van der Waals surface area contributed by atoms with E-state index in [1.807, 2.05) is 43.3 Å². The van der Waals surface area contributed by atoms with Gasteiger partial charge in [-0.1, -0.05) is 18.2 Å². The van der Waals surface area contributed by atoms with E-state index in [9.17, 15) is 0 Å². The van der Waals surface area contributed by atoms with Crippen molar-refractivity contribution in [3.8, 4) is 23.0 Å². The van der Waals surface area contributed by atoms with Gasteiger partial charge in [0.05, 0.1) is 47.1 Å². The first-order chi connectivity index (χ1) is 13.7. The van der Waals surface area contributed by atoms with Crippen LogP contribution in [0.25, 0.3) is 0 Å². The van der Waals surface area contributed by atoms with Crippen LogP contribution in [0.15, 0.2) is 41.4 Å². The highest BCUT2D eigenvalue weighted by Crippen LogP contribution is 2.33. The minimum Gasteiger partial charge on any atom is -0.496 e. The molecule has 0 aliphatic rings. The van der Waals surface area contributed by atoms with Crippen molar-refractivity contribution in [2.24, 2.45) is 4.99 Å². The van der Waals surface area contributed by atoms with Crippen molar-refractivity contribution in [2.75, 3.05) is 35.0 Å². The van der Waals surface area contributed by atoms with Crippen LogP contribution >= 0.6 is 0 Å². The normalized spacial score (nSPS) is 11.0. The molecular formula is C21H29N3O4. The average molecular weight is 387 g/mol. The molecule has 152 valence electrons. The van der Waals surface area contributed by atoms with E-state index in [0.717, 1.165) is 23.4 Å². The summed E-state index contributed by atoms with van der Waals surface area (Å²) in [6, 6.07) is 11.5. The SMILES string of the molecule is CCNC(=NCc1ccccc1OC)NCc1c(OC)cc(OC)cc1OC. The molecule has 0 aromatic heterocycles. The predicted octanol–water partition coefficient (Wildman–Crippen LogP) is 2.98. The van der Waals surface area contributed by atoms with Crippen LogP contribution in [0, 0.1) is 0 Å². The monoisotopic (exact) mass is 387 g/mol. The van der Waals surface area contributed by atoms with Crippen molar-refractivity contribution in [3.05, 3.63) is 47.5 Å². The fraction of sp³-hybridized carbons (Fsp3) is 0.381. The van der Waals surface area contributed by atoms with Gasteiger partial charge in [-0.2, -0.15) is 0 Å². The van der Waals surface area contributed by atoms with Gasteiger partial charge >= 0.3 is 0 Å². The standard InChI is InChI=1S/C21H29N3O4/c1-6-22-21(23-13-15-9-7-8-10-18(15)26-3)24-14-17-19(27-4)11-16(25-2)12-20(17)28-5/h7-12H,6,13-14H2,1-5H3,(H2,22,23,24). The van der Waals surface area contributed by atoms with E-state index in [1.165, 1.54) is 0 Å². The molecule has 0 heterocycles. The topological polar surface area (TPSA) is 73.3 Å². The van der Waals surface area contributed by atoms with Gasteiger partial charge in [-0.25, -0.2) is 4.99 Å². The Hall–Kier alpha value is -3.09. The summed E-state index contributed by atoms with van der Waals surface area (Å²) in [5.41, 5.74) is 1.90. The Morgan fingerprint density at radius 3 is 2.07 bits per heavy atom. The number of guanidine groups is 1. The molecule has 0 fully saturated rings. The van der Waals surface area contributed by atoms with Gasteiger partial charge in [0.15, 0.2) is 5.96 Å². The summed E-state index contributed by atoms with van der Waals surface area (Å²) in [6.07, 6.45) is 0. The molecule has 2 rings (SSSR count). The molecule has 0 saturated carbocycles. The van der Waals surface area contributed by atoms with E-state index in [-0.39, 0.29) is 0 Å². The van der Waals surface area contributed by atoms with Crippen LogP contribution in [0.1, 0.15) is 18.1 Å². The molecule has 0 saturated heterocycles. The number of hydrogen-bond donors (Lipinski definition) is 2. The summed E-state index contributed by atoms with van der Waals surface area (Å²) in [5.74, 6) is 3.55. The van der Waals surface area contributed by atoms with Crippen LogP contribution < -0.4 is 29.6 Å².